The smallest absolute Gasteiger partial charge is 0.135 e. The Morgan fingerprint density at radius 1 is 1.15 bits per heavy atom. The van der Waals surface area contributed by atoms with Crippen LogP contribution in [0.4, 0.5) is 11.6 Å². The van der Waals surface area contributed by atoms with Crippen LogP contribution in [0.5, 0.6) is 0 Å². The van der Waals surface area contributed by atoms with E-state index in [1.54, 1.807) is 6.20 Å². The highest BCUT2D eigenvalue weighted by atomic mass is 16.5. The number of anilines is 2. The molecule has 0 radical (unpaired) electrons. The van der Waals surface area contributed by atoms with Gasteiger partial charge in [0.1, 0.15) is 17.5 Å². The topological polar surface area (TPSA) is 63.2 Å². The molecular weight excluding hydrogens is 338 g/mol. The molecule has 0 bridgehead atoms. The van der Waals surface area contributed by atoms with Crippen molar-refractivity contribution in [3.05, 3.63) is 41.5 Å². The molecule has 0 spiro atoms. The summed E-state index contributed by atoms with van der Waals surface area (Å²) >= 11 is 0. The van der Waals surface area contributed by atoms with Gasteiger partial charge in [-0.15, -0.1) is 0 Å². The Hall–Kier alpha value is -2.05. The number of piperidine rings is 1. The first-order chi connectivity index (χ1) is 13.2. The van der Waals surface area contributed by atoms with Crippen LogP contribution in [0.1, 0.15) is 48.7 Å². The Kier molecular flexibility index (Phi) is 5.64. The first kappa shape index (κ1) is 18.3. The first-order valence-corrected chi connectivity index (χ1v) is 10.0. The molecule has 2 aliphatic rings. The highest BCUT2D eigenvalue weighted by Gasteiger charge is 2.29. The van der Waals surface area contributed by atoms with Gasteiger partial charge >= 0.3 is 0 Å². The van der Waals surface area contributed by atoms with Crippen molar-refractivity contribution in [2.24, 2.45) is 0 Å². The summed E-state index contributed by atoms with van der Waals surface area (Å²) in [6, 6.07) is 6.65. The van der Waals surface area contributed by atoms with Gasteiger partial charge in [-0.3, -0.25) is 4.90 Å². The van der Waals surface area contributed by atoms with E-state index in [4.69, 9.17) is 14.7 Å². The van der Waals surface area contributed by atoms with Crippen molar-refractivity contribution in [1.82, 2.24) is 19.9 Å². The lowest BCUT2D eigenvalue weighted by Crippen LogP contribution is -2.44. The van der Waals surface area contributed by atoms with Gasteiger partial charge in [0.05, 0.1) is 0 Å². The summed E-state index contributed by atoms with van der Waals surface area (Å²) in [7, 11) is 0. The molecule has 6 heteroatoms. The lowest BCUT2D eigenvalue weighted by molar-refractivity contribution is 0.0235. The third kappa shape index (κ3) is 4.45. The SMILES string of the molecule is Cc1cc(Nc2ncccc2C)nc(C2CCCN(C3CCOCC3)C2)n1. The summed E-state index contributed by atoms with van der Waals surface area (Å²) < 4.78 is 5.53. The molecule has 6 nitrogen and oxygen atoms in total. The Bertz CT molecular complexity index is 775. The number of nitrogens with zero attached hydrogens (tertiary/aromatic N) is 4. The lowest BCUT2D eigenvalue weighted by Gasteiger charge is -2.39. The maximum atomic E-state index is 5.53. The van der Waals surface area contributed by atoms with Crippen LogP contribution in [0, 0.1) is 13.8 Å². The molecular formula is C21H29N5O. The molecule has 0 amide bonds. The molecule has 144 valence electrons. The average Bonchev–Trinajstić information content (AvgIpc) is 2.70. The van der Waals surface area contributed by atoms with E-state index >= 15 is 0 Å². The van der Waals surface area contributed by atoms with Crippen molar-refractivity contribution in [2.45, 2.75) is 51.5 Å². The molecule has 1 unspecified atom stereocenters. The van der Waals surface area contributed by atoms with Crippen molar-refractivity contribution in [1.29, 1.82) is 0 Å². The highest BCUT2D eigenvalue weighted by molar-refractivity contribution is 5.55. The molecule has 2 saturated heterocycles. The van der Waals surface area contributed by atoms with E-state index in [0.717, 1.165) is 67.7 Å². The first-order valence-electron chi connectivity index (χ1n) is 10.0. The number of hydrogen-bond acceptors (Lipinski definition) is 6. The minimum atomic E-state index is 0.395. The maximum absolute atomic E-state index is 5.53. The largest absolute Gasteiger partial charge is 0.381 e. The summed E-state index contributed by atoms with van der Waals surface area (Å²) in [4.78, 5) is 16.7. The van der Waals surface area contributed by atoms with Gasteiger partial charge in [0.25, 0.3) is 0 Å². The minimum Gasteiger partial charge on any atom is -0.381 e. The molecule has 0 saturated carbocycles. The zero-order valence-electron chi connectivity index (χ0n) is 16.3. The van der Waals surface area contributed by atoms with Gasteiger partial charge < -0.3 is 10.1 Å². The number of hydrogen-bond donors (Lipinski definition) is 1. The number of rotatable bonds is 4. The van der Waals surface area contributed by atoms with E-state index in [-0.39, 0.29) is 0 Å². The molecule has 4 rings (SSSR count). The van der Waals surface area contributed by atoms with Gasteiger partial charge in [-0.05, 0) is 57.7 Å². The summed E-state index contributed by atoms with van der Waals surface area (Å²) in [5.74, 6) is 3.05. The Morgan fingerprint density at radius 2 is 2.00 bits per heavy atom. The predicted molar refractivity (Wildman–Crippen MR) is 106 cm³/mol. The van der Waals surface area contributed by atoms with Gasteiger partial charge in [0.15, 0.2) is 0 Å². The number of aromatic nitrogens is 3. The van der Waals surface area contributed by atoms with Crippen molar-refractivity contribution in [2.75, 3.05) is 31.6 Å². The average molecular weight is 367 g/mol. The minimum absolute atomic E-state index is 0.395. The van der Waals surface area contributed by atoms with E-state index in [1.807, 2.05) is 19.1 Å². The van der Waals surface area contributed by atoms with Crippen molar-refractivity contribution >= 4 is 11.6 Å². The fourth-order valence-electron chi connectivity index (χ4n) is 4.18. The molecule has 27 heavy (non-hydrogen) atoms. The number of aryl methyl sites for hydroxylation is 2. The number of nitrogens with one attached hydrogen (secondary N) is 1. The van der Waals surface area contributed by atoms with E-state index in [1.165, 1.54) is 13.0 Å². The van der Waals surface area contributed by atoms with Crippen molar-refractivity contribution < 1.29 is 4.74 Å². The van der Waals surface area contributed by atoms with Gasteiger partial charge in [0, 0.05) is 49.7 Å². The summed E-state index contributed by atoms with van der Waals surface area (Å²) in [5, 5.41) is 3.37. The van der Waals surface area contributed by atoms with Crippen LogP contribution in [0.25, 0.3) is 0 Å². The number of ether oxygens (including phenoxy) is 1. The van der Waals surface area contributed by atoms with Crippen LogP contribution in [-0.4, -0.2) is 52.2 Å². The second kappa shape index (κ2) is 8.31. The normalized spacial score (nSPS) is 21.9. The standard InChI is InChI=1S/C21H29N5O/c1-15-5-3-9-22-20(15)24-19-13-16(2)23-21(25-19)17-6-4-10-26(14-17)18-7-11-27-12-8-18/h3,5,9,13,17-18H,4,6-8,10-12,14H2,1-2H3,(H,22,23,24,25). The quantitative estimate of drug-likeness (QED) is 0.891. The predicted octanol–water partition coefficient (Wildman–Crippen LogP) is 3.59. The van der Waals surface area contributed by atoms with Crippen LogP contribution in [0.2, 0.25) is 0 Å². The number of likely N-dealkylation sites (tertiary alicyclic amines) is 1. The van der Waals surface area contributed by atoms with Crippen LogP contribution >= 0.6 is 0 Å². The zero-order chi connectivity index (χ0) is 18.6. The third-order valence-electron chi connectivity index (χ3n) is 5.65. The van der Waals surface area contributed by atoms with Crippen LogP contribution in [0.15, 0.2) is 24.4 Å². The van der Waals surface area contributed by atoms with Crippen molar-refractivity contribution in [3.8, 4) is 0 Å². The van der Waals surface area contributed by atoms with E-state index < -0.39 is 0 Å². The molecule has 1 N–H and O–H groups in total. The van der Waals surface area contributed by atoms with E-state index in [2.05, 4.69) is 28.2 Å². The van der Waals surface area contributed by atoms with Crippen LogP contribution in [-0.2, 0) is 4.74 Å². The molecule has 1 atom stereocenters. The molecule has 0 aliphatic carbocycles. The summed E-state index contributed by atoms with van der Waals surface area (Å²) in [6.45, 7) is 8.12. The molecule has 2 aromatic rings. The van der Waals surface area contributed by atoms with E-state index in [0.29, 0.717) is 12.0 Å². The monoisotopic (exact) mass is 367 g/mol. The van der Waals surface area contributed by atoms with Gasteiger partial charge in [-0.25, -0.2) is 15.0 Å². The molecule has 2 aliphatic heterocycles. The molecule has 0 aromatic carbocycles. The Morgan fingerprint density at radius 3 is 2.81 bits per heavy atom. The second-order valence-corrected chi connectivity index (χ2v) is 7.72. The number of pyridine rings is 1. The fraction of sp³-hybridized carbons (Fsp3) is 0.571. The Labute approximate surface area is 161 Å². The summed E-state index contributed by atoms with van der Waals surface area (Å²) in [5.41, 5.74) is 2.11. The van der Waals surface area contributed by atoms with E-state index in [9.17, 15) is 0 Å². The summed E-state index contributed by atoms with van der Waals surface area (Å²) in [6.07, 6.45) is 6.46. The van der Waals surface area contributed by atoms with Crippen LogP contribution in [0.3, 0.4) is 0 Å². The fourth-order valence-corrected chi connectivity index (χ4v) is 4.18. The molecule has 2 fully saturated rings. The maximum Gasteiger partial charge on any atom is 0.135 e. The molecule has 2 aromatic heterocycles. The molecule has 4 heterocycles. The lowest BCUT2D eigenvalue weighted by atomic mass is 9.94. The van der Waals surface area contributed by atoms with Gasteiger partial charge in [-0.2, -0.15) is 0 Å². The van der Waals surface area contributed by atoms with Gasteiger partial charge in [0.2, 0.25) is 0 Å². The highest BCUT2D eigenvalue weighted by Crippen LogP contribution is 2.29. The van der Waals surface area contributed by atoms with Crippen molar-refractivity contribution in [3.63, 3.8) is 0 Å². The Balaban J connectivity index is 1.51. The van der Waals surface area contributed by atoms with Crippen LogP contribution < -0.4 is 5.32 Å². The van der Waals surface area contributed by atoms with Gasteiger partial charge in [-0.1, -0.05) is 6.07 Å². The second-order valence-electron chi connectivity index (χ2n) is 7.72. The zero-order valence-corrected chi connectivity index (χ0v) is 16.3. The third-order valence-corrected chi connectivity index (χ3v) is 5.65.